The topological polar surface area (TPSA) is 154 Å². The number of aromatic hydroxyl groups is 3. The lowest BCUT2D eigenvalue weighted by molar-refractivity contribution is 0.259. The second kappa shape index (κ2) is 4.70. The molecular weight excluding hydrogens is 240 g/mol. The van der Waals surface area contributed by atoms with Gasteiger partial charge in [-0.3, -0.25) is 0 Å². The molecule has 0 atom stereocenters. The van der Waals surface area contributed by atoms with E-state index < -0.39 is 29.2 Å². The summed E-state index contributed by atoms with van der Waals surface area (Å²) in [6, 6.07) is -0.856. The molecule has 8 N–H and O–H groups in total. The molecule has 0 spiro atoms. The van der Waals surface area contributed by atoms with Crippen molar-refractivity contribution in [1.29, 1.82) is 0 Å². The summed E-state index contributed by atoms with van der Waals surface area (Å²) in [5.74, 6) is -2.13. The number of urea groups is 1. The van der Waals surface area contributed by atoms with Crippen molar-refractivity contribution in [3.63, 3.8) is 0 Å². The van der Waals surface area contributed by atoms with Gasteiger partial charge in [-0.1, -0.05) is 0 Å². The summed E-state index contributed by atoms with van der Waals surface area (Å²) in [6.45, 7) is 2.90. The number of nitrogens with two attached hydrogens (primary N) is 2. The van der Waals surface area contributed by atoms with E-state index in [2.05, 4.69) is 10.3 Å². The van der Waals surface area contributed by atoms with Crippen LogP contribution in [0.5, 0.6) is 17.2 Å². The van der Waals surface area contributed by atoms with E-state index in [1.54, 1.807) is 0 Å². The Morgan fingerprint density at radius 2 is 1.50 bits per heavy atom. The summed E-state index contributed by atoms with van der Waals surface area (Å²) in [4.78, 5) is 14.6. The van der Waals surface area contributed by atoms with Gasteiger partial charge in [0.05, 0.1) is 5.69 Å². The van der Waals surface area contributed by atoms with E-state index in [0.29, 0.717) is 0 Å². The lowest BCUT2D eigenvalue weighted by Crippen LogP contribution is -2.25. The van der Waals surface area contributed by atoms with Crippen LogP contribution in [0.15, 0.2) is 4.99 Å². The van der Waals surface area contributed by atoms with Crippen LogP contribution in [0.1, 0.15) is 11.1 Å². The molecule has 18 heavy (non-hydrogen) atoms. The van der Waals surface area contributed by atoms with Gasteiger partial charge in [-0.25, -0.2) is 4.79 Å². The summed E-state index contributed by atoms with van der Waals surface area (Å²) >= 11 is 0. The van der Waals surface area contributed by atoms with Gasteiger partial charge in [0.1, 0.15) is 0 Å². The van der Waals surface area contributed by atoms with Crippen LogP contribution in [0.2, 0.25) is 0 Å². The Labute approximate surface area is 103 Å². The zero-order valence-corrected chi connectivity index (χ0v) is 9.85. The average molecular weight is 254 g/mol. The normalized spacial score (nSPS) is 9.89. The third-order valence-corrected chi connectivity index (χ3v) is 2.37. The summed E-state index contributed by atoms with van der Waals surface area (Å²) < 4.78 is 0. The van der Waals surface area contributed by atoms with Gasteiger partial charge in [0.25, 0.3) is 0 Å². The number of guanidine groups is 1. The predicted molar refractivity (Wildman–Crippen MR) is 65.7 cm³/mol. The standard InChI is InChI=1S/C10H14N4O4/c1-3-5(13-10(18)14-9(11)12)4(2)7(16)8(17)6(3)15/h15-17H,1-2H3,(H5,11,12,13,14,18). The molecule has 2 amide bonds. The fraction of sp³-hybridized carbons (Fsp3) is 0.200. The summed E-state index contributed by atoms with van der Waals surface area (Å²) in [6.07, 6.45) is 0. The molecule has 0 aliphatic carbocycles. The number of amides is 2. The Kier molecular flexibility index (Phi) is 3.50. The lowest BCUT2D eigenvalue weighted by Gasteiger charge is -2.14. The number of nitrogens with one attached hydrogen (secondary N) is 1. The van der Waals surface area contributed by atoms with E-state index in [9.17, 15) is 20.1 Å². The first-order valence-electron chi connectivity index (χ1n) is 4.90. The Morgan fingerprint density at radius 3 is 1.89 bits per heavy atom. The van der Waals surface area contributed by atoms with Crippen molar-refractivity contribution in [2.45, 2.75) is 13.8 Å². The number of hydrogen-bond acceptors (Lipinski definition) is 4. The van der Waals surface area contributed by atoms with Gasteiger partial charge in [-0.2, -0.15) is 4.99 Å². The van der Waals surface area contributed by atoms with Crippen LogP contribution in [0, 0.1) is 13.8 Å². The van der Waals surface area contributed by atoms with Gasteiger partial charge in [-0.15, -0.1) is 0 Å². The van der Waals surface area contributed by atoms with Gasteiger partial charge < -0.3 is 32.1 Å². The molecule has 0 unspecified atom stereocenters. The third-order valence-electron chi connectivity index (χ3n) is 2.37. The van der Waals surface area contributed by atoms with Gasteiger partial charge >= 0.3 is 6.03 Å². The zero-order valence-electron chi connectivity index (χ0n) is 9.85. The highest BCUT2D eigenvalue weighted by Crippen LogP contribution is 2.44. The minimum atomic E-state index is -0.856. The SMILES string of the molecule is Cc1c(O)c(O)c(O)c(C)c1NC(=O)N=C(N)N. The van der Waals surface area contributed by atoms with Crippen molar-refractivity contribution >= 4 is 17.7 Å². The van der Waals surface area contributed by atoms with Crippen LogP contribution >= 0.6 is 0 Å². The number of phenolic OH excluding ortho intramolecular Hbond substituents is 3. The van der Waals surface area contributed by atoms with E-state index in [1.165, 1.54) is 13.8 Å². The summed E-state index contributed by atoms with van der Waals surface area (Å²) in [7, 11) is 0. The molecule has 0 heterocycles. The Morgan fingerprint density at radius 1 is 1.06 bits per heavy atom. The number of hydrogen-bond donors (Lipinski definition) is 6. The first-order valence-corrected chi connectivity index (χ1v) is 4.90. The summed E-state index contributed by atoms with van der Waals surface area (Å²) in [5, 5.41) is 30.8. The summed E-state index contributed by atoms with van der Waals surface area (Å²) in [5.41, 5.74) is 10.6. The molecule has 1 aromatic rings. The number of phenols is 3. The van der Waals surface area contributed by atoms with Gasteiger partial charge in [-0.05, 0) is 13.8 Å². The zero-order chi connectivity index (χ0) is 14.0. The number of anilines is 1. The van der Waals surface area contributed by atoms with Crippen molar-refractivity contribution in [1.82, 2.24) is 0 Å². The molecule has 0 radical (unpaired) electrons. The van der Waals surface area contributed by atoms with Gasteiger partial charge in [0.2, 0.25) is 5.75 Å². The molecule has 0 saturated heterocycles. The van der Waals surface area contributed by atoms with Crippen LogP contribution in [-0.2, 0) is 0 Å². The lowest BCUT2D eigenvalue weighted by atomic mass is 10.1. The smallest absolute Gasteiger partial charge is 0.348 e. The molecule has 0 bridgehead atoms. The first-order chi connectivity index (χ1) is 8.25. The van der Waals surface area contributed by atoms with Crippen LogP contribution in [-0.4, -0.2) is 27.3 Å². The number of nitrogens with zero attached hydrogens (tertiary/aromatic N) is 1. The highest BCUT2D eigenvalue weighted by Gasteiger charge is 2.19. The van der Waals surface area contributed by atoms with Crippen LogP contribution in [0.3, 0.4) is 0 Å². The molecular formula is C10H14N4O4. The maximum atomic E-state index is 11.4. The van der Waals surface area contributed by atoms with Crippen molar-refractivity contribution in [3.05, 3.63) is 11.1 Å². The molecule has 8 nitrogen and oxygen atoms in total. The molecule has 0 aliphatic rings. The fourth-order valence-electron chi connectivity index (χ4n) is 1.43. The van der Waals surface area contributed by atoms with Crippen LogP contribution in [0.25, 0.3) is 0 Å². The van der Waals surface area contributed by atoms with E-state index in [1.807, 2.05) is 0 Å². The second-order valence-corrected chi connectivity index (χ2v) is 3.64. The maximum Gasteiger partial charge on any atom is 0.348 e. The van der Waals surface area contributed by atoms with Gasteiger partial charge in [0, 0.05) is 11.1 Å². The predicted octanol–water partition coefficient (Wildman–Crippen LogP) is 0.226. The fourth-order valence-corrected chi connectivity index (χ4v) is 1.43. The molecule has 0 aliphatic heterocycles. The van der Waals surface area contributed by atoms with Crippen molar-refractivity contribution in [3.8, 4) is 17.2 Å². The first kappa shape index (κ1) is 13.4. The van der Waals surface area contributed by atoms with E-state index >= 15 is 0 Å². The third kappa shape index (κ3) is 2.37. The van der Waals surface area contributed by atoms with Crippen molar-refractivity contribution in [2.75, 3.05) is 5.32 Å². The van der Waals surface area contributed by atoms with Gasteiger partial charge in [0.15, 0.2) is 17.5 Å². The molecule has 8 heteroatoms. The number of carbonyl (C=O) groups is 1. The Balaban J connectivity index is 3.26. The van der Waals surface area contributed by atoms with E-state index in [-0.39, 0.29) is 16.8 Å². The van der Waals surface area contributed by atoms with E-state index in [4.69, 9.17) is 11.5 Å². The van der Waals surface area contributed by atoms with Crippen LogP contribution in [0.4, 0.5) is 10.5 Å². The number of aliphatic imine (C=N–C) groups is 1. The Bertz CT molecular complexity index is 506. The van der Waals surface area contributed by atoms with Crippen molar-refractivity contribution in [2.24, 2.45) is 16.5 Å². The monoisotopic (exact) mass is 254 g/mol. The largest absolute Gasteiger partial charge is 0.504 e. The quantitative estimate of drug-likeness (QED) is 0.182. The minimum absolute atomic E-state index is 0.123. The molecule has 0 aromatic heterocycles. The number of benzene rings is 1. The Hall–Kier alpha value is -2.64. The second-order valence-electron chi connectivity index (χ2n) is 3.64. The molecule has 98 valence electrons. The molecule has 1 rings (SSSR count). The molecule has 1 aromatic carbocycles. The molecule has 0 saturated carbocycles. The highest BCUT2D eigenvalue weighted by atomic mass is 16.3. The number of rotatable bonds is 1. The van der Waals surface area contributed by atoms with E-state index in [0.717, 1.165) is 0 Å². The average Bonchev–Trinajstić information content (AvgIpc) is 2.29. The van der Waals surface area contributed by atoms with Crippen molar-refractivity contribution < 1.29 is 20.1 Å². The van der Waals surface area contributed by atoms with Crippen LogP contribution < -0.4 is 16.8 Å². The molecule has 0 fully saturated rings. The highest BCUT2D eigenvalue weighted by molar-refractivity contribution is 5.99. The maximum absolute atomic E-state index is 11.4. The minimum Gasteiger partial charge on any atom is -0.504 e. The number of carbonyl (C=O) groups excluding carboxylic acids is 1.